The lowest BCUT2D eigenvalue weighted by atomic mass is 10.2. The maximum atomic E-state index is 7.43. The van der Waals surface area contributed by atoms with Crippen LogP contribution in [0, 0.1) is 5.41 Å². The molecule has 0 saturated heterocycles. The number of rotatable bonds is 6. The summed E-state index contributed by atoms with van der Waals surface area (Å²) in [5, 5.41) is 15.2. The van der Waals surface area contributed by atoms with E-state index in [-0.39, 0.29) is 5.84 Å². The lowest BCUT2D eigenvalue weighted by Gasteiger charge is -2.12. The molecule has 0 aliphatic rings. The second-order valence-corrected chi connectivity index (χ2v) is 4.18. The van der Waals surface area contributed by atoms with Crippen LogP contribution in [0.3, 0.4) is 0 Å². The number of nitrogen functional groups attached to an aromatic ring is 1. The quantitative estimate of drug-likeness (QED) is 0.607. The normalized spacial score (nSPS) is 10.3. The van der Waals surface area contributed by atoms with Gasteiger partial charge in [-0.3, -0.25) is 10.1 Å². The second kappa shape index (κ2) is 6.05. The van der Waals surface area contributed by atoms with E-state index in [1.165, 1.54) is 0 Å². The van der Waals surface area contributed by atoms with Crippen LogP contribution in [0.2, 0.25) is 0 Å². The minimum atomic E-state index is -0.00794. The predicted octanol–water partition coefficient (Wildman–Crippen LogP) is 1.08. The fraction of sp³-hybridized carbons (Fsp3) is 0.308. The van der Waals surface area contributed by atoms with Crippen molar-refractivity contribution in [2.75, 3.05) is 6.61 Å². The van der Waals surface area contributed by atoms with Crippen LogP contribution in [0.1, 0.15) is 18.2 Å². The Balaban J connectivity index is 2.15. The lowest BCUT2D eigenvalue weighted by molar-refractivity contribution is 0.266. The van der Waals surface area contributed by atoms with Crippen LogP contribution in [0.5, 0.6) is 11.5 Å². The average molecular weight is 275 g/mol. The van der Waals surface area contributed by atoms with Crippen molar-refractivity contribution in [3.05, 3.63) is 35.7 Å². The Hall–Kier alpha value is -2.57. The van der Waals surface area contributed by atoms with Gasteiger partial charge in [-0.25, -0.2) is 0 Å². The van der Waals surface area contributed by atoms with Crippen LogP contribution in [0.4, 0.5) is 0 Å². The zero-order valence-corrected chi connectivity index (χ0v) is 11.5. The van der Waals surface area contributed by atoms with E-state index in [1.54, 1.807) is 36.1 Å². The van der Waals surface area contributed by atoms with Crippen LogP contribution in [0.15, 0.2) is 24.4 Å². The first kappa shape index (κ1) is 13.9. The minimum absolute atomic E-state index is 0.00794. The van der Waals surface area contributed by atoms with Gasteiger partial charge in [0, 0.05) is 12.6 Å². The summed E-state index contributed by atoms with van der Waals surface area (Å²) in [6.45, 7) is 2.68. The molecular formula is C13H17N5O2. The molecule has 0 unspecified atom stereocenters. The van der Waals surface area contributed by atoms with Crippen LogP contribution in [0.25, 0.3) is 0 Å². The Kier molecular flexibility index (Phi) is 4.19. The Bertz CT molecular complexity index is 609. The van der Waals surface area contributed by atoms with E-state index in [2.05, 4.69) is 10.3 Å². The van der Waals surface area contributed by atoms with Gasteiger partial charge in [-0.15, -0.1) is 5.10 Å². The lowest BCUT2D eigenvalue weighted by Crippen LogP contribution is -2.11. The van der Waals surface area contributed by atoms with Crippen LogP contribution < -0.4 is 15.2 Å². The molecule has 106 valence electrons. The smallest absolute Gasteiger partial charge is 0.161 e. The van der Waals surface area contributed by atoms with Crippen LogP contribution >= 0.6 is 0 Å². The summed E-state index contributed by atoms with van der Waals surface area (Å²) < 4.78 is 12.8. The number of ether oxygens (including phenoxy) is 2. The number of aryl methyl sites for hydroxylation is 1. The van der Waals surface area contributed by atoms with E-state index in [1.807, 2.05) is 6.92 Å². The zero-order chi connectivity index (χ0) is 14.5. The number of hydrogen-bond donors (Lipinski definition) is 2. The SMILES string of the molecule is CCOc1cc(C(=N)N)ccc1OCc1cn(C)nn1. The molecule has 20 heavy (non-hydrogen) atoms. The van der Waals surface area contributed by atoms with Crippen molar-refractivity contribution in [2.45, 2.75) is 13.5 Å². The topological polar surface area (TPSA) is 99.0 Å². The molecule has 0 amide bonds. The highest BCUT2D eigenvalue weighted by Gasteiger charge is 2.09. The molecule has 0 radical (unpaired) electrons. The Morgan fingerprint density at radius 3 is 2.75 bits per heavy atom. The molecule has 0 aliphatic heterocycles. The van der Waals surface area contributed by atoms with E-state index in [9.17, 15) is 0 Å². The van der Waals surface area contributed by atoms with Crippen LogP contribution in [-0.4, -0.2) is 27.4 Å². The van der Waals surface area contributed by atoms with Crippen molar-refractivity contribution < 1.29 is 9.47 Å². The van der Waals surface area contributed by atoms with E-state index >= 15 is 0 Å². The number of amidine groups is 1. The highest BCUT2D eigenvalue weighted by atomic mass is 16.5. The standard InChI is InChI=1S/C13H17N5O2/c1-3-19-12-6-9(13(14)15)4-5-11(12)20-8-10-7-18(2)17-16-10/h4-7H,3,8H2,1-2H3,(H3,14,15). The van der Waals surface area contributed by atoms with Crippen molar-refractivity contribution in [3.8, 4) is 11.5 Å². The molecule has 0 fully saturated rings. The molecule has 7 heteroatoms. The van der Waals surface area contributed by atoms with Crippen LogP contribution in [-0.2, 0) is 13.7 Å². The van der Waals surface area contributed by atoms with Gasteiger partial charge in [0.1, 0.15) is 18.1 Å². The number of nitrogens with one attached hydrogen (secondary N) is 1. The maximum Gasteiger partial charge on any atom is 0.161 e. The molecule has 0 bridgehead atoms. The summed E-state index contributed by atoms with van der Waals surface area (Å²) in [6.07, 6.45) is 1.78. The molecule has 1 heterocycles. The van der Waals surface area contributed by atoms with Gasteiger partial charge < -0.3 is 15.2 Å². The third kappa shape index (κ3) is 3.25. The first-order chi connectivity index (χ1) is 9.60. The predicted molar refractivity (Wildman–Crippen MR) is 74.0 cm³/mol. The van der Waals surface area contributed by atoms with E-state index in [0.29, 0.717) is 30.3 Å². The molecular weight excluding hydrogens is 258 g/mol. The van der Waals surface area contributed by atoms with E-state index in [4.69, 9.17) is 20.6 Å². The number of nitrogens with zero attached hydrogens (tertiary/aromatic N) is 3. The summed E-state index contributed by atoms with van der Waals surface area (Å²) in [7, 11) is 1.80. The Labute approximate surface area is 116 Å². The average Bonchev–Trinajstić information content (AvgIpc) is 2.83. The van der Waals surface area contributed by atoms with Gasteiger partial charge >= 0.3 is 0 Å². The highest BCUT2D eigenvalue weighted by Crippen LogP contribution is 2.29. The second-order valence-electron chi connectivity index (χ2n) is 4.18. The molecule has 1 aromatic heterocycles. The van der Waals surface area contributed by atoms with Gasteiger partial charge in [-0.1, -0.05) is 5.21 Å². The van der Waals surface area contributed by atoms with Crippen molar-refractivity contribution in [2.24, 2.45) is 12.8 Å². The number of aromatic nitrogens is 3. The minimum Gasteiger partial charge on any atom is -0.490 e. The molecule has 3 N–H and O–H groups in total. The molecule has 2 aromatic rings. The van der Waals surface area contributed by atoms with Crippen molar-refractivity contribution in [1.29, 1.82) is 5.41 Å². The molecule has 2 rings (SSSR count). The molecule has 7 nitrogen and oxygen atoms in total. The summed E-state index contributed by atoms with van der Waals surface area (Å²) in [6, 6.07) is 5.15. The number of benzene rings is 1. The summed E-state index contributed by atoms with van der Waals surface area (Å²) >= 11 is 0. The first-order valence-corrected chi connectivity index (χ1v) is 6.19. The van der Waals surface area contributed by atoms with Gasteiger partial charge in [0.05, 0.1) is 12.8 Å². The fourth-order valence-electron chi connectivity index (χ4n) is 1.68. The Morgan fingerprint density at radius 2 is 2.15 bits per heavy atom. The number of hydrogen-bond acceptors (Lipinski definition) is 5. The largest absolute Gasteiger partial charge is 0.490 e. The maximum absolute atomic E-state index is 7.43. The van der Waals surface area contributed by atoms with Gasteiger partial charge in [0.15, 0.2) is 11.5 Å². The van der Waals surface area contributed by atoms with Crippen molar-refractivity contribution in [3.63, 3.8) is 0 Å². The molecule has 0 spiro atoms. The Morgan fingerprint density at radius 1 is 1.35 bits per heavy atom. The fourth-order valence-corrected chi connectivity index (χ4v) is 1.68. The first-order valence-electron chi connectivity index (χ1n) is 6.19. The zero-order valence-electron chi connectivity index (χ0n) is 11.5. The molecule has 0 atom stereocenters. The van der Waals surface area contributed by atoms with E-state index < -0.39 is 0 Å². The molecule has 0 aliphatic carbocycles. The van der Waals surface area contributed by atoms with Gasteiger partial charge in [0.25, 0.3) is 0 Å². The third-order valence-corrected chi connectivity index (χ3v) is 2.58. The molecule has 0 saturated carbocycles. The van der Waals surface area contributed by atoms with Gasteiger partial charge in [-0.2, -0.15) is 0 Å². The summed E-state index contributed by atoms with van der Waals surface area (Å²) in [4.78, 5) is 0. The van der Waals surface area contributed by atoms with E-state index in [0.717, 1.165) is 5.69 Å². The third-order valence-electron chi connectivity index (χ3n) is 2.58. The van der Waals surface area contributed by atoms with Gasteiger partial charge in [0.2, 0.25) is 0 Å². The van der Waals surface area contributed by atoms with Crippen molar-refractivity contribution >= 4 is 5.84 Å². The summed E-state index contributed by atoms with van der Waals surface area (Å²) in [5.41, 5.74) is 6.79. The summed E-state index contributed by atoms with van der Waals surface area (Å²) in [5.74, 6) is 1.14. The highest BCUT2D eigenvalue weighted by molar-refractivity contribution is 5.95. The van der Waals surface area contributed by atoms with Gasteiger partial charge in [-0.05, 0) is 25.1 Å². The molecule has 1 aromatic carbocycles. The number of nitrogens with two attached hydrogens (primary N) is 1. The monoisotopic (exact) mass is 275 g/mol. The van der Waals surface area contributed by atoms with Crippen molar-refractivity contribution in [1.82, 2.24) is 15.0 Å².